The van der Waals surface area contributed by atoms with Crippen LogP contribution in [0.25, 0.3) is 11.2 Å². The normalized spacial score (nSPS) is 18.1. The van der Waals surface area contributed by atoms with Gasteiger partial charge < -0.3 is 19.0 Å². The third-order valence-electron chi connectivity index (χ3n) is 2.26. The highest BCUT2D eigenvalue weighted by molar-refractivity contribution is 5.91. The Kier molecular flexibility index (Phi) is 1.39. The molecule has 2 aromatic rings. The SMILES string of the molecule is C=CC(=O)Oc1c2c3oc1cc3C(O)O2. The molecule has 2 bridgehead atoms. The summed E-state index contributed by atoms with van der Waals surface area (Å²) in [5.74, 6) is -0.109. The molecule has 0 aliphatic carbocycles. The molecule has 5 nitrogen and oxygen atoms in total. The summed E-state index contributed by atoms with van der Waals surface area (Å²) in [4.78, 5) is 11.0. The first kappa shape index (κ1) is 8.31. The number of carbonyl (C=O) groups excluding carboxylic acids is 1. The van der Waals surface area contributed by atoms with Crippen molar-refractivity contribution in [3.8, 4) is 11.5 Å². The number of rotatable bonds is 2. The topological polar surface area (TPSA) is 68.9 Å². The standard InChI is InChI=1S/C10H6O5/c1-2-6(11)14-8-5-3-4-7(13-5)9(8)15-10(4)12/h2-3,10,12H,1H2. The molecule has 0 saturated heterocycles. The van der Waals surface area contributed by atoms with Crippen LogP contribution in [0.15, 0.2) is 23.1 Å². The van der Waals surface area contributed by atoms with Gasteiger partial charge in [0, 0.05) is 6.08 Å². The highest BCUT2D eigenvalue weighted by Gasteiger charge is 2.36. The van der Waals surface area contributed by atoms with Crippen LogP contribution < -0.4 is 9.47 Å². The lowest BCUT2D eigenvalue weighted by atomic mass is 10.2. The molecular formula is C10H6O5. The molecule has 76 valence electrons. The van der Waals surface area contributed by atoms with Gasteiger partial charge in [-0.05, 0) is 6.07 Å². The average Bonchev–Trinajstić information content (AvgIpc) is 2.81. The van der Waals surface area contributed by atoms with Crippen LogP contribution in [0.1, 0.15) is 11.9 Å². The van der Waals surface area contributed by atoms with E-state index in [1.54, 1.807) is 6.07 Å². The summed E-state index contributed by atoms with van der Waals surface area (Å²) in [5.41, 5.74) is 1.39. The van der Waals surface area contributed by atoms with Crippen molar-refractivity contribution in [1.29, 1.82) is 0 Å². The summed E-state index contributed by atoms with van der Waals surface area (Å²) in [6, 6.07) is 1.59. The maximum atomic E-state index is 11.0. The molecule has 1 atom stereocenters. The lowest BCUT2D eigenvalue weighted by Gasteiger charge is -2.02. The number of esters is 1. The lowest BCUT2D eigenvalue weighted by Crippen LogP contribution is -2.03. The minimum Gasteiger partial charge on any atom is -0.453 e. The van der Waals surface area contributed by atoms with Gasteiger partial charge in [-0.1, -0.05) is 6.58 Å². The molecule has 3 rings (SSSR count). The number of aliphatic hydroxyl groups is 1. The largest absolute Gasteiger partial charge is 0.453 e. The Morgan fingerprint density at radius 3 is 3.20 bits per heavy atom. The van der Waals surface area contributed by atoms with Crippen LogP contribution in [-0.4, -0.2) is 11.1 Å². The molecule has 0 aromatic carbocycles. The number of benzene rings is 1. The fraction of sp³-hybridized carbons (Fsp3) is 0.100. The van der Waals surface area contributed by atoms with Crippen molar-refractivity contribution in [2.75, 3.05) is 0 Å². The van der Waals surface area contributed by atoms with Crippen LogP contribution in [-0.2, 0) is 4.79 Å². The molecule has 1 aliphatic rings. The van der Waals surface area contributed by atoms with Gasteiger partial charge in [0.1, 0.15) is 0 Å². The molecule has 5 heteroatoms. The average molecular weight is 206 g/mol. The van der Waals surface area contributed by atoms with E-state index in [0.717, 1.165) is 6.08 Å². The van der Waals surface area contributed by atoms with E-state index in [-0.39, 0.29) is 11.5 Å². The summed E-state index contributed by atoms with van der Waals surface area (Å²) in [6.07, 6.45) is 0.00766. The maximum absolute atomic E-state index is 11.0. The highest BCUT2D eigenvalue weighted by Crippen LogP contribution is 2.52. The Morgan fingerprint density at radius 1 is 1.67 bits per heavy atom. The second kappa shape index (κ2) is 2.52. The summed E-state index contributed by atoms with van der Waals surface area (Å²) in [7, 11) is 0. The molecule has 1 aliphatic heterocycles. The van der Waals surface area contributed by atoms with Crippen molar-refractivity contribution in [3.05, 3.63) is 24.3 Å². The number of furan rings is 2. The molecular weight excluding hydrogens is 200 g/mol. The molecule has 1 N–H and O–H groups in total. The van der Waals surface area contributed by atoms with E-state index < -0.39 is 12.3 Å². The van der Waals surface area contributed by atoms with Crippen LogP contribution in [0.4, 0.5) is 0 Å². The summed E-state index contributed by atoms with van der Waals surface area (Å²) >= 11 is 0. The molecule has 0 fully saturated rings. The van der Waals surface area contributed by atoms with Gasteiger partial charge in [-0.15, -0.1) is 0 Å². The predicted molar refractivity (Wildman–Crippen MR) is 48.8 cm³/mol. The van der Waals surface area contributed by atoms with E-state index in [4.69, 9.17) is 13.9 Å². The Hall–Kier alpha value is -2.01. The van der Waals surface area contributed by atoms with Crippen molar-refractivity contribution in [2.45, 2.75) is 6.29 Å². The molecule has 0 radical (unpaired) electrons. The van der Waals surface area contributed by atoms with Crippen molar-refractivity contribution in [2.24, 2.45) is 0 Å². The van der Waals surface area contributed by atoms with E-state index >= 15 is 0 Å². The van der Waals surface area contributed by atoms with Crippen molar-refractivity contribution in [1.82, 2.24) is 0 Å². The summed E-state index contributed by atoms with van der Waals surface area (Å²) in [5, 5.41) is 9.41. The molecule has 0 amide bonds. The minimum atomic E-state index is -1.03. The monoisotopic (exact) mass is 206 g/mol. The number of ether oxygens (including phenoxy) is 2. The van der Waals surface area contributed by atoms with Crippen molar-refractivity contribution >= 4 is 17.1 Å². The van der Waals surface area contributed by atoms with Gasteiger partial charge in [0.05, 0.1) is 5.56 Å². The first-order chi connectivity index (χ1) is 7.20. The third-order valence-corrected chi connectivity index (χ3v) is 2.26. The number of carbonyl (C=O) groups is 1. The second-order valence-corrected chi connectivity index (χ2v) is 3.15. The Balaban J connectivity index is 2.09. The second-order valence-electron chi connectivity index (χ2n) is 3.15. The fourth-order valence-corrected chi connectivity index (χ4v) is 1.61. The van der Waals surface area contributed by atoms with E-state index in [1.807, 2.05) is 0 Å². The first-order valence-corrected chi connectivity index (χ1v) is 4.28. The van der Waals surface area contributed by atoms with Crippen LogP contribution in [0.3, 0.4) is 0 Å². The van der Waals surface area contributed by atoms with Gasteiger partial charge in [0.25, 0.3) is 0 Å². The smallest absolute Gasteiger partial charge is 0.335 e. The zero-order chi connectivity index (χ0) is 10.6. The van der Waals surface area contributed by atoms with Gasteiger partial charge in [-0.2, -0.15) is 0 Å². The fourth-order valence-electron chi connectivity index (χ4n) is 1.61. The van der Waals surface area contributed by atoms with Crippen LogP contribution in [0.5, 0.6) is 11.5 Å². The maximum Gasteiger partial charge on any atom is 0.335 e. The van der Waals surface area contributed by atoms with Crippen molar-refractivity contribution < 1.29 is 23.8 Å². The molecule has 0 saturated carbocycles. The molecule has 3 heterocycles. The molecule has 15 heavy (non-hydrogen) atoms. The quantitative estimate of drug-likeness (QED) is 0.456. The molecule has 1 unspecified atom stereocenters. The van der Waals surface area contributed by atoms with Gasteiger partial charge in [-0.3, -0.25) is 0 Å². The zero-order valence-electron chi connectivity index (χ0n) is 7.52. The van der Waals surface area contributed by atoms with E-state index in [1.165, 1.54) is 0 Å². The Morgan fingerprint density at radius 2 is 2.47 bits per heavy atom. The van der Waals surface area contributed by atoms with Crippen molar-refractivity contribution in [3.63, 3.8) is 0 Å². The van der Waals surface area contributed by atoms with Gasteiger partial charge in [-0.25, -0.2) is 4.79 Å². The minimum absolute atomic E-state index is 0.204. The Labute approximate surface area is 83.8 Å². The van der Waals surface area contributed by atoms with Crippen LogP contribution in [0.2, 0.25) is 0 Å². The van der Waals surface area contributed by atoms with Gasteiger partial charge in [0.15, 0.2) is 11.2 Å². The predicted octanol–water partition coefficient (Wildman–Crippen LogP) is 1.35. The van der Waals surface area contributed by atoms with E-state index in [2.05, 4.69) is 6.58 Å². The zero-order valence-corrected chi connectivity index (χ0v) is 7.52. The van der Waals surface area contributed by atoms with E-state index in [9.17, 15) is 9.90 Å². The summed E-state index contributed by atoms with van der Waals surface area (Å²) < 4.78 is 15.3. The van der Waals surface area contributed by atoms with E-state index in [0.29, 0.717) is 16.7 Å². The van der Waals surface area contributed by atoms with Crippen LogP contribution in [0, 0.1) is 0 Å². The molecule has 2 aromatic heterocycles. The Bertz CT molecular complexity index is 553. The van der Waals surface area contributed by atoms with Crippen LogP contribution >= 0.6 is 0 Å². The number of hydrogen-bond acceptors (Lipinski definition) is 5. The third kappa shape index (κ3) is 0.924. The van der Waals surface area contributed by atoms with Gasteiger partial charge >= 0.3 is 5.97 Å². The summed E-state index contributed by atoms with van der Waals surface area (Å²) in [6.45, 7) is 3.28. The van der Waals surface area contributed by atoms with Gasteiger partial charge in [0.2, 0.25) is 17.8 Å². The number of hydrogen-bond donors (Lipinski definition) is 1. The first-order valence-electron chi connectivity index (χ1n) is 4.28. The molecule has 0 spiro atoms. The number of aliphatic hydroxyl groups excluding tert-OH is 1. The lowest BCUT2D eigenvalue weighted by molar-refractivity contribution is -0.129. The number of fused-ring (bicyclic) bond motifs is 1. The highest BCUT2D eigenvalue weighted by atomic mass is 16.6.